The van der Waals surface area contributed by atoms with Crippen LogP contribution in [0.25, 0.3) is 0 Å². The zero-order valence-corrected chi connectivity index (χ0v) is 11.7. The summed E-state index contributed by atoms with van der Waals surface area (Å²) < 4.78 is 24.6. The van der Waals surface area contributed by atoms with Crippen LogP contribution in [0.5, 0.6) is 0 Å². The molecule has 1 heterocycles. The molecule has 1 amide bonds. The number of nitrogens with zero attached hydrogens (tertiary/aromatic N) is 1. The van der Waals surface area contributed by atoms with E-state index in [4.69, 9.17) is 0 Å². The maximum absolute atomic E-state index is 11.8. The zero-order chi connectivity index (χ0) is 13.6. The number of sulfonamides is 1. The summed E-state index contributed by atoms with van der Waals surface area (Å²) in [5.74, 6) is -0.216. The van der Waals surface area contributed by atoms with Crippen LogP contribution in [-0.2, 0) is 14.8 Å². The minimum absolute atomic E-state index is 0.0937. The van der Waals surface area contributed by atoms with Crippen molar-refractivity contribution >= 4 is 15.9 Å². The second-order valence-electron chi connectivity index (χ2n) is 4.28. The van der Waals surface area contributed by atoms with Crippen LogP contribution in [-0.4, -0.2) is 70.8 Å². The van der Waals surface area contributed by atoms with Gasteiger partial charge in [0, 0.05) is 32.7 Å². The lowest BCUT2D eigenvalue weighted by Crippen LogP contribution is -2.53. The Morgan fingerprint density at radius 1 is 1.39 bits per heavy atom. The van der Waals surface area contributed by atoms with Crippen molar-refractivity contribution in [2.75, 3.05) is 45.5 Å². The molecule has 1 aliphatic rings. The van der Waals surface area contributed by atoms with Gasteiger partial charge in [0.15, 0.2) is 0 Å². The Kier molecular flexibility index (Phi) is 6.00. The van der Waals surface area contributed by atoms with Gasteiger partial charge >= 0.3 is 0 Å². The molecule has 0 aromatic carbocycles. The van der Waals surface area contributed by atoms with E-state index in [0.717, 1.165) is 26.2 Å². The Balaban J connectivity index is 2.31. The van der Waals surface area contributed by atoms with Crippen molar-refractivity contribution in [3.05, 3.63) is 0 Å². The number of nitrogens with one attached hydrogen (secondary N) is 3. The van der Waals surface area contributed by atoms with Crippen LogP contribution in [0.4, 0.5) is 0 Å². The van der Waals surface area contributed by atoms with Gasteiger partial charge in [0.25, 0.3) is 0 Å². The van der Waals surface area contributed by atoms with Gasteiger partial charge in [-0.05, 0) is 14.0 Å². The molecule has 1 fully saturated rings. The van der Waals surface area contributed by atoms with Crippen LogP contribution in [0.1, 0.15) is 6.92 Å². The molecule has 1 unspecified atom stereocenters. The minimum atomic E-state index is -3.25. The molecule has 0 aromatic heterocycles. The summed E-state index contributed by atoms with van der Waals surface area (Å²) in [6.07, 6.45) is 0. The van der Waals surface area contributed by atoms with Crippen molar-refractivity contribution in [3.63, 3.8) is 0 Å². The van der Waals surface area contributed by atoms with E-state index < -0.39 is 10.0 Å². The lowest BCUT2D eigenvalue weighted by Gasteiger charge is -2.31. The zero-order valence-electron chi connectivity index (χ0n) is 10.9. The molecule has 0 aliphatic carbocycles. The summed E-state index contributed by atoms with van der Waals surface area (Å²) in [6, 6.07) is -0.218. The van der Waals surface area contributed by atoms with E-state index >= 15 is 0 Å². The molecule has 1 aliphatic heterocycles. The van der Waals surface area contributed by atoms with Crippen molar-refractivity contribution in [2.45, 2.75) is 13.0 Å². The normalized spacial score (nSPS) is 19.4. The van der Waals surface area contributed by atoms with E-state index in [1.165, 1.54) is 7.05 Å². The molecule has 0 bridgehead atoms. The first-order chi connectivity index (χ1) is 8.46. The summed E-state index contributed by atoms with van der Waals surface area (Å²) in [5.41, 5.74) is 0. The lowest BCUT2D eigenvalue weighted by atomic mass is 10.2. The standard InChI is InChI=1S/C10H22N4O3S/c1-9(14-6-3-12-4-7-14)10(15)13-5-8-18(16,17)11-2/h9,11-12H,3-8H2,1-2H3,(H,13,15). The molecule has 1 saturated heterocycles. The fraction of sp³-hybridized carbons (Fsp3) is 0.900. The van der Waals surface area contributed by atoms with Gasteiger partial charge in [0.2, 0.25) is 15.9 Å². The van der Waals surface area contributed by atoms with Crippen LogP contribution in [0, 0.1) is 0 Å². The first-order valence-electron chi connectivity index (χ1n) is 6.10. The second kappa shape index (κ2) is 7.03. The molecule has 18 heavy (non-hydrogen) atoms. The van der Waals surface area contributed by atoms with E-state index in [2.05, 4.69) is 20.3 Å². The Hall–Kier alpha value is -0.700. The minimum Gasteiger partial charge on any atom is -0.354 e. The van der Waals surface area contributed by atoms with Gasteiger partial charge in [0.05, 0.1) is 11.8 Å². The Morgan fingerprint density at radius 3 is 2.56 bits per heavy atom. The second-order valence-corrected chi connectivity index (χ2v) is 6.32. The van der Waals surface area contributed by atoms with E-state index in [1.807, 2.05) is 6.92 Å². The topological polar surface area (TPSA) is 90.5 Å². The van der Waals surface area contributed by atoms with Crippen LogP contribution < -0.4 is 15.4 Å². The summed E-state index contributed by atoms with van der Waals surface area (Å²) in [4.78, 5) is 13.9. The third kappa shape index (κ3) is 4.89. The van der Waals surface area contributed by atoms with E-state index in [-0.39, 0.29) is 24.2 Å². The lowest BCUT2D eigenvalue weighted by molar-refractivity contribution is -0.125. The highest BCUT2D eigenvalue weighted by molar-refractivity contribution is 7.89. The molecule has 1 atom stereocenters. The third-order valence-electron chi connectivity index (χ3n) is 3.06. The van der Waals surface area contributed by atoms with Gasteiger partial charge in [0.1, 0.15) is 0 Å². The Bertz CT molecular complexity index is 365. The number of carbonyl (C=O) groups is 1. The number of carbonyl (C=O) groups excluding carboxylic acids is 1. The summed E-state index contributed by atoms with van der Waals surface area (Å²) >= 11 is 0. The maximum Gasteiger partial charge on any atom is 0.237 e. The predicted octanol–water partition coefficient (Wildman–Crippen LogP) is -2.05. The monoisotopic (exact) mass is 278 g/mol. The highest BCUT2D eigenvalue weighted by atomic mass is 32.2. The van der Waals surface area contributed by atoms with E-state index in [1.54, 1.807) is 0 Å². The quantitative estimate of drug-likeness (QED) is 0.520. The van der Waals surface area contributed by atoms with Crippen molar-refractivity contribution in [3.8, 4) is 0 Å². The van der Waals surface area contributed by atoms with Gasteiger partial charge in [-0.25, -0.2) is 13.1 Å². The largest absolute Gasteiger partial charge is 0.354 e. The van der Waals surface area contributed by atoms with Gasteiger partial charge in [-0.2, -0.15) is 0 Å². The molecule has 0 saturated carbocycles. The van der Waals surface area contributed by atoms with Crippen LogP contribution in [0.2, 0.25) is 0 Å². The van der Waals surface area contributed by atoms with Crippen molar-refractivity contribution < 1.29 is 13.2 Å². The fourth-order valence-electron chi connectivity index (χ4n) is 1.79. The Morgan fingerprint density at radius 2 is 2.00 bits per heavy atom. The molecular formula is C10H22N4O3S. The average molecular weight is 278 g/mol. The van der Waals surface area contributed by atoms with Crippen LogP contribution in [0.3, 0.4) is 0 Å². The van der Waals surface area contributed by atoms with Gasteiger partial charge in [-0.15, -0.1) is 0 Å². The number of amides is 1. The molecule has 8 heteroatoms. The molecule has 0 aromatic rings. The predicted molar refractivity (Wildman–Crippen MR) is 69.8 cm³/mol. The third-order valence-corrected chi connectivity index (χ3v) is 4.42. The number of piperazine rings is 1. The number of rotatable bonds is 6. The van der Waals surface area contributed by atoms with E-state index in [0.29, 0.717) is 0 Å². The van der Waals surface area contributed by atoms with Crippen molar-refractivity contribution in [1.29, 1.82) is 0 Å². The SMILES string of the molecule is CNS(=O)(=O)CCNC(=O)C(C)N1CCNCC1. The van der Waals surface area contributed by atoms with E-state index in [9.17, 15) is 13.2 Å². The highest BCUT2D eigenvalue weighted by Gasteiger charge is 2.22. The number of hydrogen-bond donors (Lipinski definition) is 3. The fourth-order valence-corrected chi connectivity index (χ4v) is 2.37. The highest BCUT2D eigenvalue weighted by Crippen LogP contribution is 2.00. The van der Waals surface area contributed by atoms with Crippen molar-refractivity contribution in [2.24, 2.45) is 0 Å². The molecule has 1 rings (SSSR count). The Labute approximate surface area is 108 Å². The maximum atomic E-state index is 11.8. The summed E-state index contributed by atoms with van der Waals surface area (Å²) in [6.45, 7) is 5.41. The van der Waals surface area contributed by atoms with Gasteiger partial charge < -0.3 is 10.6 Å². The molecule has 3 N–H and O–H groups in total. The molecular weight excluding hydrogens is 256 g/mol. The number of hydrogen-bond acceptors (Lipinski definition) is 5. The van der Waals surface area contributed by atoms with Crippen molar-refractivity contribution in [1.82, 2.24) is 20.3 Å². The smallest absolute Gasteiger partial charge is 0.237 e. The van der Waals surface area contributed by atoms with Gasteiger partial charge in [-0.3, -0.25) is 9.69 Å². The first kappa shape index (κ1) is 15.4. The van der Waals surface area contributed by atoms with Crippen LogP contribution in [0.15, 0.2) is 0 Å². The summed E-state index contributed by atoms with van der Waals surface area (Å²) in [5, 5.41) is 5.87. The van der Waals surface area contributed by atoms with Gasteiger partial charge in [-0.1, -0.05) is 0 Å². The molecule has 7 nitrogen and oxygen atoms in total. The average Bonchev–Trinajstić information content (AvgIpc) is 2.38. The molecule has 0 spiro atoms. The van der Waals surface area contributed by atoms with Crippen LogP contribution >= 0.6 is 0 Å². The molecule has 106 valence electrons. The molecule has 0 radical (unpaired) electrons. The summed E-state index contributed by atoms with van der Waals surface area (Å²) in [7, 11) is -1.89. The first-order valence-corrected chi connectivity index (χ1v) is 7.75.